The third-order valence-electron chi connectivity index (χ3n) is 3.81. The molecule has 2 aromatic rings. The minimum atomic E-state index is -1.19. The van der Waals surface area contributed by atoms with Crippen molar-refractivity contribution in [2.75, 3.05) is 6.61 Å². The first-order chi connectivity index (χ1) is 12.0. The van der Waals surface area contributed by atoms with Gasteiger partial charge in [0.05, 0.1) is 5.71 Å². The molecular weight excluding hydrogens is 330 g/mol. The van der Waals surface area contributed by atoms with Gasteiger partial charge in [-0.25, -0.2) is 8.78 Å². The van der Waals surface area contributed by atoms with Crippen molar-refractivity contribution in [2.24, 2.45) is 10.9 Å². The largest absolute Gasteiger partial charge is 0.486 e. The van der Waals surface area contributed by atoms with Crippen LogP contribution in [0.4, 0.5) is 8.78 Å². The maximum absolute atomic E-state index is 14.1. The first-order valence-corrected chi connectivity index (χ1v) is 7.66. The van der Waals surface area contributed by atoms with Gasteiger partial charge in [0.25, 0.3) is 5.91 Å². The van der Waals surface area contributed by atoms with Crippen LogP contribution in [0.5, 0.6) is 5.75 Å². The monoisotopic (exact) mass is 346 g/mol. The molecule has 5 nitrogen and oxygen atoms in total. The van der Waals surface area contributed by atoms with E-state index in [9.17, 15) is 13.6 Å². The number of primary amides is 1. The van der Waals surface area contributed by atoms with E-state index in [4.69, 9.17) is 15.3 Å². The van der Waals surface area contributed by atoms with E-state index in [0.717, 1.165) is 29.0 Å². The molecule has 3 rings (SSSR count). The molecule has 130 valence electrons. The fourth-order valence-electron chi connectivity index (χ4n) is 2.57. The van der Waals surface area contributed by atoms with E-state index < -0.39 is 29.2 Å². The van der Waals surface area contributed by atoms with Gasteiger partial charge in [0.2, 0.25) is 0 Å². The summed E-state index contributed by atoms with van der Waals surface area (Å²) in [4.78, 5) is 16.4. The van der Waals surface area contributed by atoms with Crippen LogP contribution in [-0.2, 0) is 4.84 Å². The zero-order valence-corrected chi connectivity index (χ0v) is 13.5. The van der Waals surface area contributed by atoms with Crippen LogP contribution in [0.3, 0.4) is 0 Å². The molecule has 0 bridgehead atoms. The Hall–Kier alpha value is -2.96. The average Bonchev–Trinajstić information content (AvgIpc) is 3.03. The third kappa shape index (κ3) is 3.60. The Kier molecular flexibility index (Phi) is 4.65. The van der Waals surface area contributed by atoms with Crippen molar-refractivity contribution in [1.82, 2.24) is 0 Å². The van der Waals surface area contributed by atoms with Crippen molar-refractivity contribution in [3.8, 4) is 5.75 Å². The summed E-state index contributed by atoms with van der Waals surface area (Å²) in [6.07, 6.45) is 0.0894. The molecule has 0 fully saturated rings. The van der Waals surface area contributed by atoms with Crippen LogP contribution in [0.1, 0.15) is 27.9 Å². The van der Waals surface area contributed by atoms with E-state index in [2.05, 4.69) is 5.16 Å². The normalized spacial score (nSPS) is 16.3. The lowest BCUT2D eigenvalue weighted by Crippen LogP contribution is -2.20. The molecule has 1 atom stereocenters. The van der Waals surface area contributed by atoms with Crippen LogP contribution in [0.2, 0.25) is 0 Å². The molecule has 2 aromatic carbocycles. The number of benzene rings is 2. The van der Waals surface area contributed by atoms with Crippen molar-refractivity contribution in [2.45, 2.75) is 19.4 Å². The van der Waals surface area contributed by atoms with E-state index in [0.29, 0.717) is 6.42 Å². The Morgan fingerprint density at radius 2 is 2.16 bits per heavy atom. The Balaban J connectivity index is 1.65. The van der Waals surface area contributed by atoms with Crippen LogP contribution < -0.4 is 10.5 Å². The Labute approximate surface area is 143 Å². The van der Waals surface area contributed by atoms with Crippen molar-refractivity contribution < 1.29 is 23.1 Å². The van der Waals surface area contributed by atoms with Crippen molar-refractivity contribution in [3.05, 3.63) is 64.7 Å². The summed E-state index contributed by atoms with van der Waals surface area (Å²) < 4.78 is 32.9. The van der Waals surface area contributed by atoms with Gasteiger partial charge in [0, 0.05) is 6.42 Å². The topological polar surface area (TPSA) is 73.9 Å². The summed E-state index contributed by atoms with van der Waals surface area (Å²) >= 11 is 0. The Morgan fingerprint density at radius 1 is 1.36 bits per heavy atom. The maximum atomic E-state index is 14.1. The number of amides is 1. The summed E-state index contributed by atoms with van der Waals surface area (Å²) in [5, 5.41) is 4.03. The molecule has 1 unspecified atom stereocenters. The van der Waals surface area contributed by atoms with Crippen molar-refractivity contribution in [1.29, 1.82) is 0 Å². The van der Waals surface area contributed by atoms with E-state index in [-0.39, 0.29) is 12.4 Å². The van der Waals surface area contributed by atoms with E-state index in [1.54, 1.807) is 0 Å². The minimum absolute atomic E-state index is 0.000427. The van der Waals surface area contributed by atoms with Crippen LogP contribution in [0, 0.1) is 18.6 Å². The number of oxime groups is 1. The molecule has 0 aliphatic carbocycles. The summed E-state index contributed by atoms with van der Waals surface area (Å²) in [6.45, 7) is 1.98. The van der Waals surface area contributed by atoms with Gasteiger partial charge in [0.15, 0.2) is 17.7 Å². The first kappa shape index (κ1) is 16.9. The summed E-state index contributed by atoms with van der Waals surface area (Å²) in [7, 11) is 0. The molecule has 1 aliphatic rings. The number of ether oxygens (including phenoxy) is 1. The Morgan fingerprint density at radius 3 is 2.88 bits per heavy atom. The van der Waals surface area contributed by atoms with E-state index in [1.165, 1.54) is 0 Å². The quantitative estimate of drug-likeness (QED) is 0.904. The van der Waals surface area contributed by atoms with Gasteiger partial charge in [-0.1, -0.05) is 35.0 Å². The lowest BCUT2D eigenvalue weighted by Gasteiger charge is -2.12. The van der Waals surface area contributed by atoms with Gasteiger partial charge in [-0.2, -0.15) is 0 Å². The smallest absolute Gasteiger partial charge is 0.254 e. The lowest BCUT2D eigenvalue weighted by molar-refractivity contribution is 0.0458. The van der Waals surface area contributed by atoms with Crippen molar-refractivity contribution in [3.63, 3.8) is 0 Å². The standard InChI is InChI=1S/C18H16F2N2O3/c1-10-3-2-4-11(7-10)14-8-12(25-22-14)9-24-15-6-5-13(19)16(17(15)20)18(21)23/h2-7,12H,8-9H2,1H3,(H2,21,23). The molecule has 0 saturated carbocycles. The molecular formula is C18H16F2N2O3. The van der Waals surface area contributed by atoms with Crippen LogP contribution >= 0.6 is 0 Å². The van der Waals surface area contributed by atoms with Crippen LogP contribution in [-0.4, -0.2) is 24.3 Å². The predicted molar refractivity (Wildman–Crippen MR) is 87.6 cm³/mol. The zero-order chi connectivity index (χ0) is 18.0. The Bertz CT molecular complexity index is 852. The highest BCUT2D eigenvalue weighted by molar-refractivity contribution is 6.01. The van der Waals surface area contributed by atoms with Crippen LogP contribution in [0.15, 0.2) is 41.6 Å². The highest BCUT2D eigenvalue weighted by Crippen LogP contribution is 2.24. The number of hydrogen-bond donors (Lipinski definition) is 1. The van der Waals surface area contributed by atoms with E-state index in [1.807, 2.05) is 31.2 Å². The summed E-state index contributed by atoms with van der Waals surface area (Å²) in [5.41, 5.74) is 6.99. The number of nitrogens with two attached hydrogens (primary N) is 1. The second-order valence-electron chi connectivity index (χ2n) is 5.75. The van der Waals surface area contributed by atoms with Gasteiger partial charge in [-0.15, -0.1) is 0 Å². The lowest BCUT2D eigenvalue weighted by atomic mass is 10.0. The fourth-order valence-corrected chi connectivity index (χ4v) is 2.57. The SMILES string of the molecule is Cc1cccc(C2=NOC(COc3ccc(F)c(C(N)=O)c3F)C2)c1. The van der Waals surface area contributed by atoms with Gasteiger partial charge < -0.3 is 15.3 Å². The second kappa shape index (κ2) is 6.88. The minimum Gasteiger partial charge on any atom is -0.486 e. The molecule has 25 heavy (non-hydrogen) atoms. The predicted octanol–water partition coefficient (Wildman–Crippen LogP) is 2.94. The van der Waals surface area contributed by atoms with E-state index >= 15 is 0 Å². The molecule has 1 aliphatic heterocycles. The molecule has 0 radical (unpaired) electrons. The number of hydrogen-bond acceptors (Lipinski definition) is 4. The molecule has 7 heteroatoms. The highest BCUT2D eigenvalue weighted by Gasteiger charge is 2.25. The highest BCUT2D eigenvalue weighted by atomic mass is 19.1. The van der Waals surface area contributed by atoms with Gasteiger partial charge >= 0.3 is 0 Å². The van der Waals surface area contributed by atoms with Crippen LogP contribution in [0.25, 0.3) is 0 Å². The molecule has 0 aromatic heterocycles. The third-order valence-corrected chi connectivity index (χ3v) is 3.81. The van der Waals surface area contributed by atoms with Gasteiger partial charge in [-0.3, -0.25) is 4.79 Å². The first-order valence-electron chi connectivity index (χ1n) is 7.66. The maximum Gasteiger partial charge on any atom is 0.254 e. The number of nitrogens with zero attached hydrogens (tertiary/aromatic N) is 1. The zero-order valence-electron chi connectivity index (χ0n) is 13.5. The summed E-state index contributed by atoms with van der Waals surface area (Å²) in [5.74, 6) is -3.60. The van der Waals surface area contributed by atoms with Gasteiger partial charge in [-0.05, 0) is 24.6 Å². The average molecular weight is 346 g/mol. The molecule has 1 amide bonds. The molecule has 0 spiro atoms. The number of carbonyl (C=O) groups excluding carboxylic acids is 1. The number of aryl methyl sites for hydroxylation is 1. The summed E-state index contributed by atoms with van der Waals surface area (Å²) in [6, 6.07) is 9.86. The molecule has 1 heterocycles. The number of halogens is 2. The fraction of sp³-hybridized carbons (Fsp3) is 0.222. The molecule has 0 saturated heterocycles. The second-order valence-corrected chi connectivity index (χ2v) is 5.75. The van der Waals surface area contributed by atoms with Crippen molar-refractivity contribution >= 4 is 11.6 Å². The number of carbonyl (C=O) groups is 1. The number of rotatable bonds is 5. The molecule has 2 N–H and O–H groups in total. The van der Waals surface area contributed by atoms with Gasteiger partial charge in [0.1, 0.15) is 18.0 Å².